The van der Waals surface area contributed by atoms with Crippen molar-refractivity contribution in [3.8, 4) is 0 Å². The zero-order chi connectivity index (χ0) is 8.20. The molecule has 0 saturated heterocycles. The molecule has 12 heavy (non-hydrogen) atoms. The maximum absolute atomic E-state index is 10.5. The van der Waals surface area contributed by atoms with E-state index in [1.165, 1.54) is 10.8 Å². The molecule has 0 aromatic heterocycles. The van der Waals surface area contributed by atoms with Gasteiger partial charge in [-0.2, -0.15) is 8.42 Å². The quantitative estimate of drug-likeness (QED) is 0.331. The van der Waals surface area contributed by atoms with Crippen LogP contribution in [0.5, 0.6) is 0 Å². The topological polar surface area (TPSA) is 54.4 Å². The SMILES string of the molecule is CCS[SH](CC)S(=O)(=O)O.[KH].[NaH]. The van der Waals surface area contributed by atoms with Gasteiger partial charge in [-0.3, -0.25) is 4.55 Å². The van der Waals surface area contributed by atoms with Gasteiger partial charge in [0, 0.05) is 5.75 Å². The molecule has 0 amide bonds. The van der Waals surface area contributed by atoms with Gasteiger partial charge in [0.15, 0.2) is 0 Å². The first-order valence-electron chi connectivity index (χ1n) is 2.90. The van der Waals surface area contributed by atoms with Crippen LogP contribution in [0.25, 0.3) is 0 Å². The third-order valence-electron chi connectivity index (χ3n) is 0.789. The average molecular weight is 268 g/mol. The van der Waals surface area contributed by atoms with Crippen molar-refractivity contribution in [1.29, 1.82) is 0 Å². The Morgan fingerprint density at radius 2 is 1.83 bits per heavy atom. The van der Waals surface area contributed by atoms with Crippen molar-refractivity contribution in [3.63, 3.8) is 0 Å². The van der Waals surface area contributed by atoms with Crippen LogP contribution in [0.1, 0.15) is 13.8 Å². The van der Waals surface area contributed by atoms with Crippen LogP contribution in [-0.4, -0.2) is 105 Å². The van der Waals surface area contributed by atoms with E-state index in [1.807, 2.05) is 6.92 Å². The maximum atomic E-state index is 10.5. The van der Waals surface area contributed by atoms with Gasteiger partial charge < -0.3 is 0 Å². The fourth-order valence-corrected chi connectivity index (χ4v) is 6.33. The molecular formula is C4H14KNaO3S3. The summed E-state index contributed by atoms with van der Waals surface area (Å²) >= 11 is 0. The van der Waals surface area contributed by atoms with E-state index in [4.69, 9.17) is 4.55 Å². The Morgan fingerprint density at radius 1 is 1.42 bits per heavy atom. The molecule has 0 aromatic rings. The first-order chi connectivity index (χ1) is 4.52. The summed E-state index contributed by atoms with van der Waals surface area (Å²) in [7, 11) is -3.69. The summed E-state index contributed by atoms with van der Waals surface area (Å²) in [6, 6.07) is 0. The molecule has 1 atom stereocenters. The molecule has 68 valence electrons. The standard InChI is InChI=1S/C4H12O3S3.K.Na.2H/c1-3-8-9(4-2)10(5,6)7;;;;/h9H,3-4H2,1-2H3,(H,5,6,7);;;;. The summed E-state index contributed by atoms with van der Waals surface area (Å²) in [6.45, 7) is 3.64. The van der Waals surface area contributed by atoms with Crippen molar-refractivity contribution >= 4 is 110 Å². The van der Waals surface area contributed by atoms with Gasteiger partial charge in [0.05, 0.1) is 0 Å². The molecular weight excluding hydrogens is 254 g/mol. The monoisotopic (exact) mass is 268 g/mol. The van der Waals surface area contributed by atoms with E-state index in [-0.39, 0.29) is 80.9 Å². The molecule has 0 spiro atoms. The number of rotatable bonds is 4. The van der Waals surface area contributed by atoms with E-state index in [0.717, 1.165) is 5.75 Å². The predicted molar refractivity (Wildman–Crippen MR) is 63.5 cm³/mol. The minimum absolute atomic E-state index is 0. The van der Waals surface area contributed by atoms with Crippen LogP contribution in [0, 0.1) is 0 Å². The molecule has 3 nitrogen and oxygen atoms in total. The molecule has 1 unspecified atom stereocenters. The van der Waals surface area contributed by atoms with Crippen LogP contribution in [0.3, 0.4) is 0 Å². The summed E-state index contributed by atoms with van der Waals surface area (Å²) in [4.78, 5) is 0. The van der Waals surface area contributed by atoms with Gasteiger partial charge >= 0.3 is 90.1 Å². The molecule has 8 heteroatoms. The second-order valence-corrected chi connectivity index (χ2v) is 10.0. The second-order valence-electron chi connectivity index (χ2n) is 1.51. The fourth-order valence-electron chi connectivity index (χ4n) is 0.465. The van der Waals surface area contributed by atoms with E-state index in [0.29, 0.717) is 5.75 Å². The van der Waals surface area contributed by atoms with Gasteiger partial charge in [0.1, 0.15) is 0 Å². The Bertz CT molecular complexity index is 184. The van der Waals surface area contributed by atoms with E-state index >= 15 is 0 Å². The van der Waals surface area contributed by atoms with Crippen molar-refractivity contribution in [2.45, 2.75) is 13.8 Å². The Morgan fingerprint density at radius 3 is 1.92 bits per heavy atom. The predicted octanol–water partition coefficient (Wildman–Crippen LogP) is 0.181. The van der Waals surface area contributed by atoms with Crippen LogP contribution >= 0.6 is 19.8 Å². The molecule has 0 radical (unpaired) electrons. The van der Waals surface area contributed by atoms with E-state index in [1.54, 1.807) is 6.92 Å². The van der Waals surface area contributed by atoms with Crippen molar-refractivity contribution in [1.82, 2.24) is 0 Å². The Balaban J connectivity index is -0.000000405. The van der Waals surface area contributed by atoms with Gasteiger partial charge in [-0.1, -0.05) is 22.8 Å². The molecule has 0 rings (SSSR count). The number of thiol groups is 1. The molecule has 0 aromatic carbocycles. The molecule has 0 saturated carbocycles. The summed E-state index contributed by atoms with van der Waals surface area (Å²) in [5.74, 6) is 1.26. The van der Waals surface area contributed by atoms with Crippen molar-refractivity contribution in [2.75, 3.05) is 11.5 Å². The van der Waals surface area contributed by atoms with Crippen LogP contribution in [0.2, 0.25) is 0 Å². The molecule has 0 aliphatic rings. The first-order valence-corrected chi connectivity index (χ1v) is 8.06. The molecule has 0 bridgehead atoms. The van der Waals surface area contributed by atoms with Gasteiger partial charge in [-0.25, -0.2) is 0 Å². The summed E-state index contributed by atoms with van der Waals surface area (Å²) in [5, 5.41) is 0. The second kappa shape index (κ2) is 10.8. The van der Waals surface area contributed by atoms with Crippen LogP contribution < -0.4 is 0 Å². The molecule has 0 fully saturated rings. The van der Waals surface area contributed by atoms with E-state index in [2.05, 4.69) is 0 Å². The van der Waals surface area contributed by atoms with Crippen LogP contribution in [-0.2, 0) is 9.15 Å². The normalized spacial score (nSPS) is 14.1. The van der Waals surface area contributed by atoms with E-state index in [9.17, 15) is 8.42 Å². The van der Waals surface area contributed by atoms with Gasteiger partial charge in [0.2, 0.25) is 0 Å². The Kier molecular flexibility index (Phi) is 18.5. The minimum atomic E-state index is -3.75. The summed E-state index contributed by atoms with van der Waals surface area (Å²) in [5.41, 5.74) is 0. The Labute approximate surface area is 145 Å². The third kappa shape index (κ3) is 9.79. The van der Waals surface area contributed by atoms with Crippen molar-refractivity contribution in [2.24, 2.45) is 0 Å². The molecule has 1 N–H and O–H groups in total. The fraction of sp³-hybridized carbons (Fsp3) is 1.00. The van der Waals surface area contributed by atoms with Crippen molar-refractivity contribution in [3.05, 3.63) is 0 Å². The van der Waals surface area contributed by atoms with Crippen LogP contribution in [0.4, 0.5) is 0 Å². The number of hydrogen-bond donors (Lipinski definition) is 2. The van der Waals surface area contributed by atoms with Gasteiger partial charge in [-0.15, -0.1) is 10.8 Å². The average Bonchev–Trinajstić information content (AvgIpc) is 1.80. The third-order valence-corrected chi connectivity index (χ3v) is 9.74. The van der Waals surface area contributed by atoms with Gasteiger partial charge in [0.25, 0.3) is 0 Å². The van der Waals surface area contributed by atoms with Crippen molar-refractivity contribution < 1.29 is 13.0 Å². The summed E-state index contributed by atoms with van der Waals surface area (Å²) < 4.78 is 29.6. The Hall–Kier alpha value is 3.25. The van der Waals surface area contributed by atoms with Gasteiger partial charge in [-0.05, 0) is 5.75 Å². The van der Waals surface area contributed by atoms with Crippen LogP contribution in [0.15, 0.2) is 0 Å². The van der Waals surface area contributed by atoms with E-state index < -0.39 is 18.1 Å². The summed E-state index contributed by atoms with van der Waals surface area (Å²) in [6.07, 6.45) is 0. The molecule has 0 heterocycles. The zero-order valence-corrected chi connectivity index (χ0v) is 8.47. The molecule has 0 aliphatic carbocycles. The molecule has 0 aliphatic heterocycles. The zero-order valence-electron chi connectivity index (χ0n) is 5.94. The first kappa shape index (κ1) is 20.6. The number of hydrogen-bond acceptors (Lipinski definition) is 3.